The number of hydrogen-bond acceptors (Lipinski definition) is 2. The third-order valence-electron chi connectivity index (χ3n) is 12.0. The predicted octanol–water partition coefficient (Wildman–Crippen LogP) is 9.67. The monoisotopic (exact) mass is 520 g/mol. The van der Waals surface area contributed by atoms with Crippen LogP contribution in [0.1, 0.15) is 105 Å². The summed E-state index contributed by atoms with van der Waals surface area (Å²) < 4.78 is 13.8. The molecule has 0 aliphatic heterocycles. The zero-order valence-corrected chi connectivity index (χ0v) is 27.1. The predicted molar refractivity (Wildman–Crippen MR) is 156 cm³/mol. The van der Waals surface area contributed by atoms with E-state index < -0.39 is 16.6 Å². The van der Waals surface area contributed by atoms with Crippen molar-refractivity contribution < 1.29 is 8.85 Å². The van der Waals surface area contributed by atoms with Gasteiger partial charge >= 0.3 is 0 Å². The van der Waals surface area contributed by atoms with Crippen molar-refractivity contribution in [2.24, 2.45) is 40.4 Å². The molecule has 0 heterocycles. The van der Waals surface area contributed by atoms with E-state index in [0.717, 1.165) is 29.6 Å². The van der Waals surface area contributed by atoms with Crippen LogP contribution in [0.25, 0.3) is 0 Å². The van der Waals surface area contributed by atoms with E-state index >= 15 is 0 Å². The molecule has 4 fully saturated rings. The van der Waals surface area contributed by atoms with Crippen LogP contribution in [0.3, 0.4) is 0 Å². The van der Waals surface area contributed by atoms with Crippen molar-refractivity contribution in [2.45, 2.75) is 156 Å². The summed E-state index contributed by atoms with van der Waals surface area (Å²) in [6.45, 7) is 22.3. The zero-order valence-electron chi connectivity index (χ0n) is 25.1. The first kappa shape index (κ1) is 28.4. The Morgan fingerprint density at radius 2 is 1.40 bits per heavy atom. The summed E-state index contributed by atoms with van der Waals surface area (Å²) in [6.07, 6.45) is 16.4. The maximum Gasteiger partial charge on any atom is 0.187 e. The van der Waals surface area contributed by atoms with Gasteiger partial charge in [-0.15, -0.1) is 0 Å². The van der Waals surface area contributed by atoms with Crippen LogP contribution in [-0.2, 0) is 8.85 Å². The highest BCUT2D eigenvalue weighted by molar-refractivity contribution is 6.71. The zero-order chi connectivity index (χ0) is 25.6. The van der Waals surface area contributed by atoms with Gasteiger partial charge in [-0.25, -0.2) is 0 Å². The number of hydrogen-bond donors (Lipinski definition) is 0. The smallest absolute Gasteiger partial charge is 0.187 e. The first-order valence-corrected chi connectivity index (χ1v) is 21.9. The van der Waals surface area contributed by atoms with Crippen molar-refractivity contribution in [3.8, 4) is 0 Å². The largest absolute Gasteiger partial charge is 0.414 e. The van der Waals surface area contributed by atoms with Gasteiger partial charge in [0.1, 0.15) is 0 Å². The van der Waals surface area contributed by atoms with Gasteiger partial charge in [0.15, 0.2) is 16.6 Å². The van der Waals surface area contributed by atoms with E-state index in [1.807, 2.05) is 0 Å². The van der Waals surface area contributed by atoms with Gasteiger partial charge in [-0.1, -0.05) is 40.5 Å². The van der Waals surface area contributed by atoms with Gasteiger partial charge in [0.05, 0.1) is 0 Å². The molecule has 4 rings (SSSR count). The Morgan fingerprint density at radius 3 is 2.09 bits per heavy atom. The van der Waals surface area contributed by atoms with Crippen molar-refractivity contribution in [3.63, 3.8) is 0 Å². The normalized spacial score (nSPS) is 42.8. The highest BCUT2D eigenvalue weighted by Crippen LogP contribution is 2.68. The first-order chi connectivity index (χ1) is 16.4. The molecule has 0 aromatic rings. The molecular formula is C31H60O2Si2. The molecule has 4 saturated carbocycles. The Morgan fingerprint density at radius 1 is 0.771 bits per heavy atom. The lowest BCUT2D eigenvalue weighted by atomic mass is 9.44. The van der Waals surface area contributed by atoms with E-state index in [2.05, 4.69) is 60.8 Å². The van der Waals surface area contributed by atoms with E-state index in [9.17, 15) is 0 Å². The van der Waals surface area contributed by atoms with Crippen molar-refractivity contribution in [1.82, 2.24) is 0 Å². The van der Waals surface area contributed by atoms with Gasteiger partial charge in [-0.05, 0) is 143 Å². The van der Waals surface area contributed by atoms with Gasteiger partial charge in [-0.3, -0.25) is 0 Å². The Hall–Kier alpha value is 0.354. The second-order valence-electron chi connectivity index (χ2n) is 15.2. The fraction of sp³-hybridized carbons (Fsp3) is 1.00. The Balaban J connectivity index is 1.43. The Bertz CT molecular complexity index is 723. The maximum atomic E-state index is 6.92. The fourth-order valence-electron chi connectivity index (χ4n) is 10.5. The summed E-state index contributed by atoms with van der Waals surface area (Å²) in [5.41, 5.74) is 1.08. The molecule has 2 nitrogen and oxygen atoms in total. The average molecular weight is 521 g/mol. The summed E-state index contributed by atoms with van der Waals surface area (Å²) in [4.78, 5) is 0. The van der Waals surface area contributed by atoms with Crippen molar-refractivity contribution in [2.75, 3.05) is 0 Å². The van der Waals surface area contributed by atoms with Gasteiger partial charge in [0.2, 0.25) is 0 Å². The topological polar surface area (TPSA) is 18.5 Å². The fourth-order valence-corrected chi connectivity index (χ4v) is 15.4. The minimum Gasteiger partial charge on any atom is -0.414 e. The third-order valence-corrected chi connectivity index (χ3v) is 17.3. The van der Waals surface area contributed by atoms with Crippen LogP contribution in [0.5, 0.6) is 0 Å². The molecule has 35 heavy (non-hydrogen) atoms. The summed E-state index contributed by atoms with van der Waals surface area (Å²) in [5.74, 6) is 4.55. The highest BCUT2D eigenvalue weighted by Gasteiger charge is 2.61. The van der Waals surface area contributed by atoms with Crippen molar-refractivity contribution >= 4 is 16.6 Å². The van der Waals surface area contributed by atoms with Gasteiger partial charge in [0, 0.05) is 12.2 Å². The molecule has 0 saturated heterocycles. The molecule has 0 bridgehead atoms. The van der Waals surface area contributed by atoms with Gasteiger partial charge < -0.3 is 8.85 Å². The van der Waals surface area contributed by atoms with Crippen molar-refractivity contribution in [1.29, 1.82) is 0 Å². The average Bonchev–Trinajstić information content (AvgIpc) is 3.10. The van der Waals surface area contributed by atoms with Crippen LogP contribution in [0.4, 0.5) is 0 Å². The third kappa shape index (κ3) is 5.57. The van der Waals surface area contributed by atoms with E-state index in [1.54, 1.807) is 0 Å². The molecule has 0 spiro atoms. The lowest BCUT2D eigenvalue weighted by Crippen LogP contribution is -2.55. The molecule has 0 aromatic heterocycles. The molecular weight excluding hydrogens is 461 g/mol. The molecule has 204 valence electrons. The molecule has 0 aromatic carbocycles. The van der Waals surface area contributed by atoms with Crippen LogP contribution in [0.15, 0.2) is 0 Å². The second-order valence-corrected chi connectivity index (χ2v) is 23.8. The molecule has 4 heteroatoms. The second kappa shape index (κ2) is 10.5. The quantitative estimate of drug-likeness (QED) is 0.282. The SMILES string of the molecule is CCC[Si](C)(C)OC1CCC2(C)C(CCC3C2CCC2(C)C(C(C)O[Si](C)(C)CCC)CCC32)C1. The van der Waals surface area contributed by atoms with Crippen LogP contribution in [0.2, 0.25) is 38.3 Å². The lowest BCUT2D eigenvalue weighted by Gasteiger charge is -2.61. The van der Waals surface area contributed by atoms with Crippen LogP contribution >= 0.6 is 0 Å². The molecule has 4 aliphatic rings. The summed E-state index contributed by atoms with van der Waals surface area (Å²) in [7, 11) is -3.02. The Labute approximate surface area is 221 Å². The molecule has 4 aliphatic carbocycles. The number of fused-ring (bicyclic) bond motifs is 5. The maximum absolute atomic E-state index is 6.92. The summed E-state index contributed by atoms with van der Waals surface area (Å²) in [6, 6.07) is 2.62. The van der Waals surface area contributed by atoms with E-state index in [1.165, 1.54) is 82.7 Å². The standard InChI is InChI=1S/C31H60O2Si2/c1-10-20-34(6,7)32-23(3)27-14-15-28-26-13-12-24-22-25(33-35(8,9)21-11-2)16-18-30(24,4)29(26)17-19-31(27,28)5/h23-29H,10-22H2,1-9H3. The lowest BCUT2D eigenvalue weighted by molar-refractivity contribution is -0.129. The Kier molecular flexibility index (Phi) is 8.50. The van der Waals surface area contributed by atoms with E-state index in [0.29, 0.717) is 23.0 Å². The molecule has 9 atom stereocenters. The van der Waals surface area contributed by atoms with Gasteiger partial charge in [0.25, 0.3) is 0 Å². The molecule has 0 radical (unpaired) electrons. The minimum atomic E-state index is -1.53. The molecule has 0 N–H and O–H groups in total. The molecule has 9 unspecified atom stereocenters. The minimum absolute atomic E-state index is 0.449. The van der Waals surface area contributed by atoms with Crippen LogP contribution in [-0.4, -0.2) is 28.8 Å². The van der Waals surface area contributed by atoms with Crippen molar-refractivity contribution in [3.05, 3.63) is 0 Å². The number of rotatable bonds is 9. The van der Waals surface area contributed by atoms with Gasteiger partial charge in [-0.2, -0.15) is 0 Å². The molecule has 0 amide bonds. The van der Waals surface area contributed by atoms with E-state index in [4.69, 9.17) is 8.85 Å². The summed E-state index contributed by atoms with van der Waals surface area (Å²) >= 11 is 0. The van der Waals surface area contributed by atoms with E-state index in [-0.39, 0.29) is 0 Å². The highest BCUT2D eigenvalue weighted by atomic mass is 28.4. The first-order valence-electron chi connectivity index (χ1n) is 15.7. The summed E-state index contributed by atoms with van der Waals surface area (Å²) in [5, 5.41) is 0. The van der Waals surface area contributed by atoms with Crippen LogP contribution < -0.4 is 0 Å². The van der Waals surface area contributed by atoms with Crippen LogP contribution in [0, 0.1) is 40.4 Å².